The molecule has 0 radical (unpaired) electrons. The van der Waals surface area contributed by atoms with Gasteiger partial charge in [-0.3, -0.25) is 0 Å². The van der Waals surface area contributed by atoms with Crippen molar-refractivity contribution < 1.29 is 0 Å². The molecule has 0 aromatic carbocycles. The topological polar surface area (TPSA) is 48.7 Å². The lowest BCUT2D eigenvalue weighted by Crippen LogP contribution is -2.20. The molecule has 0 saturated heterocycles. The van der Waals surface area contributed by atoms with E-state index in [1.54, 1.807) is 0 Å². The Bertz CT molecular complexity index is 462. The first kappa shape index (κ1) is 13.5. The number of aryl methyl sites for hydroxylation is 1. The lowest BCUT2D eigenvalue weighted by Gasteiger charge is -2.20. The minimum Gasteiger partial charge on any atom is -0.368 e. The minimum absolute atomic E-state index is 0.168. The Kier molecular flexibility index (Phi) is 3.77. The van der Waals surface area contributed by atoms with E-state index in [0.29, 0.717) is 11.4 Å². The summed E-state index contributed by atoms with van der Waals surface area (Å²) in [6.07, 6.45) is 0. The number of hydrogen-bond donors (Lipinski definition) is 1. The van der Waals surface area contributed by atoms with Crippen LogP contribution in [0, 0.1) is 37.5 Å². The van der Waals surface area contributed by atoms with Crippen molar-refractivity contribution >= 4 is 5.82 Å². The van der Waals surface area contributed by atoms with Gasteiger partial charge in [-0.15, -0.1) is 0 Å². The molecule has 1 rings (SSSR count). The fourth-order valence-corrected chi connectivity index (χ4v) is 1.56. The number of pyridine rings is 1. The molecule has 3 nitrogen and oxygen atoms in total. The van der Waals surface area contributed by atoms with Crippen molar-refractivity contribution in [3.8, 4) is 6.07 Å². The molecule has 92 valence electrons. The van der Waals surface area contributed by atoms with E-state index in [1.165, 1.54) is 0 Å². The molecule has 0 aliphatic heterocycles. The minimum atomic E-state index is 0.168. The van der Waals surface area contributed by atoms with E-state index in [4.69, 9.17) is 0 Å². The fourth-order valence-electron chi connectivity index (χ4n) is 1.56. The molecule has 0 aliphatic rings. The van der Waals surface area contributed by atoms with Gasteiger partial charge in [-0.05, 0) is 37.3 Å². The zero-order chi connectivity index (χ0) is 13.2. The largest absolute Gasteiger partial charge is 0.368 e. The molecule has 0 atom stereocenters. The second-order valence-corrected chi connectivity index (χ2v) is 5.70. The maximum Gasteiger partial charge on any atom is 0.144 e. The molecular formula is C14H21N3. The molecule has 0 aliphatic carbocycles. The Balaban J connectivity index is 3.13. The van der Waals surface area contributed by atoms with Crippen molar-refractivity contribution in [3.63, 3.8) is 0 Å². The van der Waals surface area contributed by atoms with Crippen LogP contribution in [0.15, 0.2) is 0 Å². The highest BCUT2D eigenvalue weighted by Gasteiger charge is 2.15. The van der Waals surface area contributed by atoms with Crippen LogP contribution in [-0.2, 0) is 0 Å². The Morgan fingerprint density at radius 3 is 2.24 bits per heavy atom. The van der Waals surface area contributed by atoms with Crippen molar-refractivity contribution in [1.82, 2.24) is 4.98 Å². The van der Waals surface area contributed by atoms with Crippen LogP contribution in [0.3, 0.4) is 0 Å². The quantitative estimate of drug-likeness (QED) is 0.849. The van der Waals surface area contributed by atoms with Crippen molar-refractivity contribution in [2.45, 2.75) is 41.5 Å². The molecule has 0 bridgehead atoms. The maximum atomic E-state index is 9.21. The van der Waals surface area contributed by atoms with Gasteiger partial charge in [-0.25, -0.2) is 4.98 Å². The normalized spacial score (nSPS) is 11.1. The lowest BCUT2D eigenvalue weighted by molar-refractivity contribution is 0.442. The molecule has 1 aromatic heterocycles. The molecule has 0 unspecified atom stereocenters. The first-order chi connectivity index (χ1) is 7.76. The summed E-state index contributed by atoms with van der Waals surface area (Å²) in [7, 11) is 0. The predicted molar refractivity (Wildman–Crippen MR) is 71.1 cm³/mol. The van der Waals surface area contributed by atoms with Crippen LogP contribution in [0.1, 0.15) is 43.2 Å². The predicted octanol–water partition coefficient (Wildman–Crippen LogP) is 3.34. The molecule has 1 heterocycles. The number of rotatable bonds is 2. The van der Waals surface area contributed by atoms with Gasteiger partial charge in [0.05, 0.1) is 5.56 Å². The Labute approximate surface area is 104 Å². The van der Waals surface area contributed by atoms with Gasteiger partial charge < -0.3 is 5.32 Å². The van der Waals surface area contributed by atoms with E-state index in [-0.39, 0.29) is 5.41 Å². The monoisotopic (exact) mass is 231 g/mol. The number of nitrogens with one attached hydrogen (secondary N) is 1. The molecule has 3 heteroatoms. The van der Waals surface area contributed by atoms with Gasteiger partial charge in [0.25, 0.3) is 0 Å². The fraction of sp³-hybridized carbons (Fsp3) is 0.571. The highest BCUT2D eigenvalue weighted by Crippen LogP contribution is 2.23. The third kappa shape index (κ3) is 3.20. The van der Waals surface area contributed by atoms with Crippen molar-refractivity contribution in [3.05, 3.63) is 22.4 Å². The van der Waals surface area contributed by atoms with Gasteiger partial charge in [0.1, 0.15) is 11.9 Å². The van der Waals surface area contributed by atoms with Crippen molar-refractivity contribution in [2.75, 3.05) is 11.9 Å². The third-order valence-corrected chi connectivity index (χ3v) is 2.89. The summed E-state index contributed by atoms with van der Waals surface area (Å²) in [5.74, 6) is 0.711. The first-order valence-electron chi connectivity index (χ1n) is 5.88. The molecule has 0 fully saturated rings. The first-order valence-corrected chi connectivity index (χ1v) is 5.88. The Hall–Kier alpha value is -1.56. The SMILES string of the molecule is Cc1nc(NCC(C)(C)C)c(C#N)c(C)c1C. The van der Waals surface area contributed by atoms with Gasteiger partial charge in [0, 0.05) is 12.2 Å². The number of aromatic nitrogens is 1. The molecule has 17 heavy (non-hydrogen) atoms. The van der Waals surface area contributed by atoms with E-state index < -0.39 is 0 Å². The maximum absolute atomic E-state index is 9.21. The van der Waals surface area contributed by atoms with Gasteiger partial charge in [-0.1, -0.05) is 20.8 Å². The molecule has 0 saturated carbocycles. The zero-order valence-corrected chi connectivity index (χ0v) is 11.6. The van der Waals surface area contributed by atoms with Crippen molar-refractivity contribution in [1.29, 1.82) is 5.26 Å². The number of anilines is 1. The standard InChI is InChI=1S/C14H21N3/c1-9-10(2)12(7-15)13(17-11(9)3)16-8-14(4,5)6/h8H2,1-6H3,(H,16,17). The smallest absolute Gasteiger partial charge is 0.144 e. The van der Waals surface area contributed by atoms with Crippen LogP contribution >= 0.6 is 0 Å². The van der Waals surface area contributed by atoms with Gasteiger partial charge in [0.15, 0.2) is 0 Å². The Morgan fingerprint density at radius 2 is 1.76 bits per heavy atom. The summed E-state index contributed by atoms with van der Waals surface area (Å²) in [6, 6.07) is 2.24. The average molecular weight is 231 g/mol. The van der Waals surface area contributed by atoms with Crippen LogP contribution in [0.5, 0.6) is 0 Å². The summed E-state index contributed by atoms with van der Waals surface area (Å²) < 4.78 is 0. The average Bonchev–Trinajstić information content (AvgIpc) is 2.22. The molecule has 1 aromatic rings. The van der Waals surface area contributed by atoms with E-state index in [0.717, 1.165) is 23.4 Å². The van der Waals surface area contributed by atoms with E-state index in [2.05, 4.69) is 37.1 Å². The number of nitriles is 1. The van der Waals surface area contributed by atoms with Crippen LogP contribution in [0.2, 0.25) is 0 Å². The summed E-state index contributed by atoms with van der Waals surface area (Å²) in [5, 5.41) is 12.5. The highest BCUT2D eigenvalue weighted by atomic mass is 15.0. The molecular weight excluding hydrogens is 210 g/mol. The third-order valence-electron chi connectivity index (χ3n) is 2.89. The van der Waals surface area contributed by atoms with Gasteiger partial charge >= 0.3 is 0 Å². The van der Waals surface area contributed by atoms with Crippen LogP contribution in [0.4, 0.5) is 5.82 Å². The van der Waals surface area contributed by atoms with Crippen molar-refractivity contribution in [2.24, 2.45) is 5.41 Å². The Morgan fingerprint density at radius 1 is 1.18 bits per heavy atom. The number of nitrogens with zero attached hydrogens (tertiary/aromatic N) is 2. The lowest BCUT2D eigenvalue weighted by atomic mass is 9.96. The summed E-state index contributed by atoms with van der Waals surface area (Å²) in [4.78, 5) is 4.47. The van der Waals surface area contributed by atoms with Crippen LogP contribution in [0.25, 0.3) is 0 Å². The van der Waals surface area contributed by atoms with Crippen LogP contribution in [-0.4, -0.2) is 11.5 Å². The van der Waals surface area contributed by atoms with E-state index in [1.807, 2.05) is 20.8 Å². The molecule has 1 N–H and O–H groups in total. The molecule has 0 amide bonds. The van der Waals surface area contributed by atoms with Crippen LogP contribution < -0.4 is 5.32 Å². The van der Waals surface area contributed by atoms with E-state index >= 15 is 0 Å². The summed E-state index contributed by atoms with van der Waals surface area (Å²) >= 11 is 0. The molecule has 0 spiro atoms. The number of hydrogen-bond acceptors (Lipinski definition) is 3. The second kappa shape index (κ2) is 4.75. The summed E-state index contributed by atoms with van der Waals surface area (Å²) in [5.41, 5.74) is 3.94. The zero-order valence-electron chi connectivity index (χ0n) is 11.6. The van der Waals surface area contributed by atoms with Gasteiger partial charge in [-0.2, -0.15) is 5.26 Å². The van der Waals surface area contributed by atoms with E-state index in [9.17, 15) is 5.26 Å². The van der Waals surface area contributed by atoms with Gasteiger partial charge in [0.2, 0.25) is 0 Å². The summed E-state index contributed by atoms with van der Waals surface area (Å²) in [6.45, 7) is 13.2. The highest BCUT2D eigenvalue weighted by molar-refractivity contribution is 5.58. The second-order valence-electron chi connectivity index (χ2n) is 5.70.